The quantitative estimate of drug-likeness (QED) is 0.564. The molecule has 0 radical (unpaired) electrons. The number of carbonyl (C=O) groups is 2. The molecular weight excluding hydrogens is 296 g/mol. The van der Waals surface area contributed by atoms with Crippen molar-refractivity contribution in [2.24, 2.45) is 0 Å². The molecule has 2 fully saturated rings. The Kier molecular flexibility index (Phi) is 6.51. The highest BCUT2D eigenvalue weighted by Gasteiger charge is 2.36. The third-order valence-corrected chi connectivity index (χ3v) is 5.51. The number of amides is 2. The highest BCUT2D eigenvalue weighted by atomic mass is 33.1. The zero-order valence-electron chi connectivity index (χ0n) is 11.9. The lowest BCUT2D eigenvalue weighted by Gasteiger charge is -2.32. The van der Waals surface area contributed by atoms with E-state index in [1.165, 1.54) is 0 Å². The molecular formula is C13H22N2O3S2. The number of likely N-dealkylation sites (tertiary alicyclic amines) is 1. The third-order valence-electron chi connectivity index (χ3n) is 3.70. The number of hydrogen-bond acceptors (Lipinski definition) is 5. The number of morpholine rings is 1. The summed E-state index contributed by atoms with van der Waals surface area (Å²) < 4.78 is 5.27. The summed E-state index contributed by atoms with van der Waals surface area (Å²) in [5.74, 6) is 1.04. The van der Waals surface area contributed by atoms with Crippen LogP contribution in [-0.4, -0.2) is 72.5 Å². The molecule has 114 valence electrons. The minimum Gasteiger partial charge on any atom is -0.378 e. The second-order valence-corrected chi connectivity index (χ2v) is 7.61. The summed E-state index contributed by atoms with van der Waals surface area (Å²) in [7, 11) is 3.36. The van der Waals surface area contributed by atoms with Crippen molar-refractivity contribution in [1.82, 2.24) is 9.80 Å². The van der Waals surface area contributed by atoms with Crippen molar-refractivity contribution >= 4 is 33.4 Å². The molecule has 0 aromatic carbocycles. The van der Waals surface area contributed by atoms with Gasteiger partial charge in [0.25, 0.3) is 0 Å². The molecule has 1 atom stereocenters. The van der Waals surface area contributed by atoms with Gasteiger partial charge in [-0.15, -0.1) is 0 Å². The molecule has 7 heteroatoms. The summed E-state index contributed by atoms with van der Waals surface area (Å²) in [6.07, 6.45) is 4.27. The molecule has 5 nitrogen and oxygen atoms in total. The summed E-state index contributed by atoms with van der Waals surface area (Å²) in [5.41, 5.74) is 0. The van der Waals surface area contributed by atoms with Gasteiger partial charge in [-0.25, -0.2) is 0 Å². The van der Waals surface area contributed by atoms with Gasteiger partial charge in [-0.3, -0.25) is 9.59 Å². The number of rotatable bonds is 5. The fourth-order valence-corrected chi connectivity index (χ4v) is 3.85. The van der Waals surface area contributed by atoms with Gasteiger partial charge in [0.1, 0.15) is 6.04 Å². The average molecular weight is 318 g/mol. The molecule has 0 saturated carbocycles. The summed E-state index contributed by atoms with van der Waals surface area (Å²) in [5, 5.41) is 0. The van der Waals surface area contributed by atoms with Gasteiger partial charge in [-0.1, -0.05) is 21.6 Å². The standard InChI is InChI=1S/C13H22N2O3S2/c1-19-20-10-4-12(16)15-5-2-3-11(15)13(17)14-6-8-18-9-7-14/h11H,2-10H2,1H3/t11-/m0/s1. The normalized spacial score (nSPS) is 23.1. The number of carbonyl (C=O) groups excluding carboxylic acids is 2. The topological polar surface area (TPSA) is 49.9 Å². The molecule has 0 spiro atoms. The van der Waals surface area contributed by atoms with Crippen LogP contribution in [0, 0.1) is 0 Å². The van der Waals surface area contributed by atoms with Gasteiger partial charge in [0, 0.05) is 31.8 Å². The monoisotopic (exact) mass is 318 g/mol. The van der Waals surface area contributed by atoms with Crippen molar-refractivity contribution in [3.8, 4) is 0 Å². The van der Waals surface area contributed by atoms with E-state index in [4.69, 9.17) is 4.74 Å². The summed E-state index contributed by atoms with van der Waals surface area (Å²) >= 11 is 0. The van der Waals surface area contributed by atoms with Crippen LogP contribution < -0.4 is 0 Å². The van der Waals surface area contributed by atoms with E-state index in [0.717, 1.165) is 25.1 Å². The van der Waals surface area contributed by atoms with E-state index >= 15 is 0 Å². The maximum Gasteiger partial charge on any atom is 0.245 e. The molecule has 2 amide bonds. The van der Waals surface area contributed by atoms with Crippen LogP contribution in [-0.2, 0) is 14.3 Å². The van der Waals surface area contributed by atoms with Crippen LogP contribution in [0.15, 0.2) is 0 Å². The Balaban J connectivity index is 1.88. The Morgan fingerprint density at radius 2 is 2.00 bits per heavy atom. The van der Waals surface area contributed by atoms with Crippen LogP contribution in [0.25, 0.3) is 0 Å². The lowest BCUT2D eigenvalue weighted by molar-refractivity contribution is -0.146. The summed E-state index contributed by atoms with van der Waals surface area (Å²) in [6.45, 7) is 3.25. The molecule has 2 aliphatic heterocycles. The maximum absolute atomic E-state index is 12.5. The molecule has 0 aromatic heterocycles. The van der Waals surface area contributed by atoms with Crippen LogP contribution in [0.3, 0.4) is 0 Å². The predicted molar refractivity (Wildman–Crippen MR) is 82.7 cm³/mol. The highest BCUT2D eigenvalue weighted by molar-refractivity contribution is 8.76. The van der Waals surface area contributed by atoms with Crippen molar-refractivity contribution in [2.75, 3.05) is 44.9 Å². The Hall–Kier alpha value is -0.400. The van der Waals surface area contributed by atoms with E-state index in [1.807, 2.05) is 11.2 Å². The average Bonchev–Trinajstić information content (AvgIpc) is 2.97. The molecule has 0 bridgehead atoms. The van der Waals surface area contributed by atoms with Crippen LogP contribution in [0.4, 0.5) is 0 Å². The van der Waals surface area contributed by atoms with Crippen molar-refractivity contribution in [3.63, 3.8) is 0 Å². The molecule has 0 aromatic rings. The van der Waals surface area contributed by atoms with Gasteiger partial charge in [-0.05, 0) is 19.1 Å². The molecule has 0 aliphatic carbocycles. The smallest absolute Gasteiger partial charge is 0.245 e. The minimum atomic E-state index is -0.236. The fraction of sp³-hybridized carbons (Fsp3) is 0.846. The van der Waals surface area contributed by atoms with Crippen molar-refractivity contribution in [3.05, 3.63) is 0 Å². The van der Waals surface area contributed by atoms with Gasteiger partial charge in [0.15, 0.2) is 0 Å². The first-order chi connectivity index (χ1) is 9.74. The van der Waals surface area contributed by atoms with E-state index < -0.39 is 0 Å². The van der Waals surface area contributed by atoms with Crippen molar-refractivity contribution in [2.45, 2.75) is 25.3 Å². The second kappa shape index (κ2) is 8.14. The molecule has 2 saturated heterocycles. The Morgan fingerprint density at radius 1 is 1.25 bits per heavy atom. The maximum atomic E-state index is 12.5. The zero-order chi connectivity index (χ0) is 14.4. The lowest BCUT2D eigenvalue weighted by Crippen LogP contribution is -2.51. The first-order valence-corrected chi connectivity index (χ1v) is 9.78. The van der Waals surface area contributed by atoms with Crippen molar-refractivity contribution in [1.29, 1.82) is 0 Å². The van der Waals surface area contributed by atoms with Crippen molar-refractivity contribution < 1.29 is 14.3 Å². The molecule has 2 aliphatic rings. The number of hydrogen-bond donors (Lipinski definition) is 0. The molecule has 0 N–H and O–H groups in total. The Labute approximate surface area is 128 Å². The highest BCUT2D eigenvalue weighted by Crippen LogP contribution is 2.23. The predicted octanol–water partition coefficient (Wildman–Crippen LogP) is 1.24. The largest absolute Gasteiger partial charge is 0.378 e. The first kappa shape index (κ1) is 16.0. The van der Waals surface area contributed by atoms with E-state index in [9.17, 15) is 9.59 Å². The molecule has 2 rings (SSSR count). The van der Waals surface area contributed by atoms with Crippen LogP contribution in [0.2, 0.25) is 0 Å². The third kappa shape index (κ3) is 4.05. The van der Waals surface area contributed by atoms with Crippen LogP contribution in [0.1, 0.15) is 19.3 Å². The molecule has 0 unspecified atom stereocenters. The van der Waals surface area contributed by atoms with Gasteiger partial charge in [0.2, 0.25) is 11.8 Å². The summed E-state index contributed by atoms with van der Waals surface area (Å²) in [4.78, 5) is 28.4. The SMILES string of the molecule is CSSCCC(=O)N1CCC[C@H]1C(=O)N1CCOCC1. The molecule has 20 heavy (non-hydrogen) atoms. The van der Waals surface area contributed by atoms with E-state index in [0.29, 0.717) is 32.7 Å². The van der Waals surface area contributed by atoms with Gasteiger partial charge < -0.3 is 14.5 Å². The zero-order valence-corrected chi connectivity index (χ0v) is 13.5. The Bertz CT molecular complexity index is 349. The minimum absolute atomic E-state index is 0.108. The van der Waals surface area contributed by atoms with Crippen LogP contribution >= 0.6 is 21.6 Å². The fourth-order valence-electron chi connectivity index (χ4n) is 2.67. The van der Waals surface area contributed by atoms with Crippen LogP contribution in [0.5, 0.6) is 0 Å². The number of ether oxygens (including phenoxy) is 1. The Morgan fingerprint density at radius 3 is 2.70 bits per heavy atom. The van der Waals surface area contributed by atoms with Gasteiger partial charge in [0.05, 0.1) is 13.2 Å². The second-order valence-electron chi connectivity index (χ2n) is 4.92. The van der Waals surface area contributed by atoms with Gasteiger partial charge in [-0.2, -0.15) is 0 Å². The first-order valence-electron chi connectivity index (χ1n) is 7.05. The lowest BCUT2D eigenvalue weighted by atomic mass is 10.1. The molecule has 2 heterocycles. The van der Waals surface area contributed by atoms with Gasteiger partial charge >= 0.3 is 0 Å². The van der Waals surface area contributed by atoms with E-state index in [1.54, 1.807) is 26.5 Å². The number of nitrogens with zero attached hydrogens (tertiary/aromatic N) is 2. The summed E-state index contributed by atoms with van der Waals surface area (Å²) in [6, 6.07) is -0.236. The van der Waals surface area contributed by atoms with E-state index in [2.05, 4.69) is 0 Å². The van der Waals surface area contributed by atoms with E-state index in [-0.39, 0.29) is 17.9 Å².